The highest BCUT2D eigenvalue weighted by molar-refractivity contribution is 7.88. The number of halogens is 1. The lowest BCUT2D eigenvalue weighted by atomic mass is 10.1. The topological polar surface area (TPSA) is 114 Å². The Morgan fingerprint density at radius 3 is 2.66 bits per heavy atom. The average molecular weight is 459 g/mol. The number of nitrogens with one attached hydrogen (secondary N) is 2. The van der Waals surface area contributed by atoms with Crippen LogP contribution in [0.15, 0.2) is 59.6 Å². The van der Waals surface area contributed by atoms with Gasteiger partial charge in [-0.15, -0.1) is 6.58 Å². The number of carbonyl (C=O) groups excluding carboxylic acids is 1. The summed E-state index contributed by atoms with van der Waals surface area (Å²) >= 11 is 0. The van der Waals surface area contributed by atoms with E-state index in [-0.39, 0.29) is 48.6 Å². The summed E-state index contributed by atoms with van der Waals surface area (Å²) in [5.74, 6) is -0.264. The van der Waals surface area contributed by atoms with Gasteiger partial charge in [0.2, 0.25) is 27.6 Å². The van der Waals surface area contributed by atoms with Crippen LogP contribution in [0.1, 0.15) is 23.4 Å². The summed E-state index contributed by atoms with van der Waals surface area (Å²) in [7, 11) is -3.45. The second kappa shape index (κ2) is 10.3. The van der Waals surface area contributed by atoms with Gasteiger partial charge in [-0.1, -0.05) is 35.5 Å². The monoisotopic (exact) mass is 458 g/mol. The summed E-state index contributed by atoms with van der Waals surface area (Å²) in [6.07, 6.45) is 1.79. The maximum absolute atomic E-state index is 13.7. The number of anilines is 1. The second-order valence-corrected chi connectivity index (χ2v) is 8.92. The van der Waals surface area contributed by atoms with Gasteiger partial charge in [0.1, 0.15) is 5.82 Å². The predicted molar refractivity (Wildman–Crippen MR) is 119 cm³/mol. The van der Waals surface area contributed by atoms with Crippen molar-refractivity contribution in [1.82, 2.24) is 14.9 Å². The fraction of sp³-hybridized carbons (Fsp3) is 0.227. The molecule has 0 unspecified atom stereocenters. The molecule has 0 radical (unpaired) electrons. The smallest absolute Gasteiger partial charge is 0.227 e. The van der Waals surface area contributed by atoms with Crippen molar-refractivity contribution in [1.29, 1.82) is 0 Å². The molecule has 32 heavy (non-hydrogen) atoms. The number of sulfonamides is 1. The number of amides is 1. The van der Waals surface area contributed by atoms with E-state index in [1.807, 2.05) is 0 Å². The highest BCUT2D eigenvalue weighted by Crippen LogP contribution is 2.19. The Balaban J connectivity index is 1.51. The van der Waals surface area contributed by atoms with E-state index in [9.17, 15) is 17.6 Å². The molecule has 3 rings (SSSR count). The van der Waals surface area contributed by atoms with Gasteiger partial charge in [0, 0.05) is 30.6 Å². The number of aromatic nitrogens is 2. The van der Waals surface area contributed by atoms with Crippen LogP contribution in [0.25, 0.3) is 11.4 Å². The van der Waals surface area contributed by atoms with E-state index >= 15 is 0 Å². The zero-order valence-electron chi connectivity index (χ0n) is 17.5. The van der Waals surface area contributed by atoms with Crippen LogP contribution in [0.4, 0.5) is 10.1 Å². The molecule has 0 aliphatic rings. The Kier molecular flexibility index (Phi) is 7.49. The minimum Gasteiger partial charge on any atom is -0.339 e. The van der Waals surface area contributed by atoms with Gasteiger partial charge in [-0.2, -0.15) is 4.98 Å². The molecule has 1 heterocycles. The Morgan fingerprint density at radius 1 is 1.22 bits per heavy atom. The highest BCUT2D eigenvalue weighted by Gasteiger charge is 2.13. The Labute approximate surface area is 185 Å². The third kappa shape index (κ3) is 6.56. The lowest BCUT2D eigenvalue weighted by molar-refractivity contribution is -0.116. The molecule has 2 N–H and O–H groups in total. The van der Waals surface area contributed by atoms with Gasteiger partial charge in [-0.3, -0.25) is 4.79 Å². The first-order valence-electron chi connectivity index (χ1n) is 9.82. The van der Waals surface area contributed by atoms with Gasteiger partial charge in [0.15, 0.2) is 0 Å². The van der Waals surface area contributed by atoms with E-state index in [1.165, 1.54) is 12.1 Å². The molecule has 0 aliphatic heterocycles. The SMILES string of the molecule is C=CCNS(=O)(=O)Cc1ccc(NC(=O)CCc2nc(-c3ccc(C)c(F)c3)no2)cc1. The molecule has 10 heteroatoms. The van der Waals surface area contributed by atoms with Crippen LogP contribution in [-0.4, -0.2) is 31.0 Å². The van der Waals surface area contributed by atoms with Crippen molar-refractivity contribution in [3.05, 3.63) is 78.0 Å². The zero-order valence-corrected chi connectivity index (χ0v) is 18.3. The molecule has 168 valence electrons. The van der Waals surface area contributed by atoms with E-state index in [0.29, 0.717) is 22.4 Å². The summed E-state index contributed by atoms with van der Waals surface area (Å²) in [6.45, 7) is 5.30. The molecule has 0 atom stereocenters. The maximum Gasteiger partial charge on any atom is 0.227 e. The summed E-state index contributed by atoms with van der Waals surface area (Å²) in [5, 5.41) is 6.56. The van der Waals surface area contributed by atoms with E-state index in [0.717, 1.165) is 0 Å². The zero-order chi connectivity index (χ0) is 23.1. The number of hydrogen-bond acceptors (Lipinski definition) is 6. The number of nitrogens with zero attached hydrogens (tertiary/aromatic N) is 2. The first-order chi connectivity index (χ1) is 15.3. The summed E-state index contributed by atoms with van der Waals surface area (Å²) in [5.41, 5.74) is 2.14. The normalized spacial score (nSPS) is 11.3. The van der Waals surface area contributed by atoms with Crippen molar-refractivity contribution in [2.75, 3.05) is 11.9 Å². The van der Waals surface area contributed by atoms with Crippen molar-refractivity contribution >= 4 is 21.6 Å². The molecule has 0 spiro atoms. The van der Waals surface area contributed by atoms with Gasteiger partial charge in [0.05, 0.1) is 5.75 Å². The third-order valence-electron chi connectivity index (χ3n) is 4.51. The molecule has 0 aliphatic carbocycles. The van der Waals surface area contributed by atoms with E-state index in [4.69, 9.17) is 4.52 Å². The standard InChI is InChI=1S/C22H23FN4O4S/c1-3-12-24-32(29,30)14-16-5-8-18(9-6-16)25-20(28)10-11-21-26-22(27-31-21)17-7-4-15(2)19(23)13-17/h3-9,13,24H,1,10-12,14H2,2H3,(H,25,28). The van der Waals surface area contributed by atoms with Crippen LogP contribution in [0.5, 0.6) is 0 Å². The minimum atomic E-state index is -3.45. The van der Waals surface area contributed by atoms with Gasteiger partial charge >= 0.3 is 0 Å². The number of aryl methyl sites for hydroxylation is 2. The van der Waals surface area contributed by atoms with E-state index < -0.39 is 10.0 Å². The van der Waals surface area contributed by atoms with Gasteiger partial charge in [-0.25, -0.2) is 17.5 Å². The molecule has 1 aromatic heterocycles. The first-order valence-corrected chi connectivity index (χ1v) is 11.5. The van der Waals surface area contributed by atoms with Crippen molar-refractivity contribution < 1.29 is 22.1 Å². The Bertz CT molecular complexity index is 1210. The first kappa shape index (κ1) is 23.3. The molecule has 0 bridgehead atoms. The molecule has 1 amide bonds. The summed E-state index contributed by atoms with van der Waals surface area (Å²) < 4.78 is 45.1. The molecule has 0 saturated heterocycles. The largest absolute Gasteiger partial charge is 0.339 e. The van der Waals surface area contributed by atoms with Gasteiger partial charge in [-0.05, 0) is 36.2 Å². The summed E-state index contributed by atoms with van der Waals surface area (Å²) in [6, 6.07) is 11.2. The number of rotatable bonds is 10. The molecular weight excluding hydrogens is 435 g/mol. The minimum absolute atomic E-state index is 0.103. The molecule has 0 saturated carbocycles. The predicted octanol–water partition coefficient (Wildman–Crippen LogP) is 3.36. The number of benzene rings is 2. The van der Waals surface area contributed by atoms with Gasteiger partial charge in [0.25, 0.3) is 0 Å². The highest BCUT2D eigenvalue weighted by atomic mass is 32.2. The van der Waals surface area contributed by atoms with Crippen molar-refractivity contribution in [2.24, 2.45) is 0 Å². The van der Waals surface area contributed by atoms with Gasteiger partial charge < -0.3 is 9.84 Å². The molecule has 3 aromatic rings. The Hall–Kier alpha value is -3.37. The molecule has 0 fully saturated rings. The number of hydrogen-bond donors (Lipinski definition) is 2. The lowest BCUT2D eigenvalue weighted by Crippen LogP contribution is -2.25. The molecule has 2 aromatic carbocycles. The van der Waals surface area contributed by atoms with Crippen LogP contribution < -0.4 is 10.0 Å². The maximum atomic E-state index is 13.7. The van der Waals surface area contributed by atoms with Crippen LogP contribution >= 0.6 is 0 Å². The van der Waals surface area contributed by atoms with Crippen molar-refractivity contribution in [3.8, 4) is 11.4 Å². The summed E-state index contributed by atoms with van der Waals surface area (Å²) in [4.78, 5) is 16.4. The Morgan fingerprint density at radius 2 is 1.97 bits per heavy atom. The quantitative estimate of drug-likeness (QED) is 0.450. The van der Waals surface area contributed by atoms with Crippen LogP contribution in [-0.2, 0) is 27.0 Å². The fourth-order valence-electron chi connectivity index (χ4n) is 2.79. The van der Waals surface area contributed by atoms with Crippen LogP contribution in [0.3, 0.4) is 0 Å². The number of carbonyl (C=O) groups is 1. The van der Waals surface area contributed by atoms with E-state index in [1.54, 1.807) is 43.3 Å². The van der Waals surface area contributed by atoms with E-state index in [2.05, 4.69) is 26.8 Å². The second-order valence-electron chi connectivity index (χ2n) is 7.12. The average Bonchev–Trinajstić information content (AvgIpc) is 3.23. The van der Waals surface area contributed by atoms with Crippen molar-refractivity contribution in [2.45, 2.75) is 25.5 Å². The molecule has 8 nitrogen and oxygen atoms in total. The third-order valence-corrected chi connectivity index (χ3v) is 5.83. The fourth-order valence-corrected chi connectivity index (χ4v) is 3.90. The van der Waals surface area contributed by atoms with Crippen LogP contribution in [0.2, 0.25) is 0 Å². The lowest BCUT2D eigenvalue weighted by Gasteiger charge is -2.07. The van der Waals surface area contributed by atoms with Crippen molar-refractivity contribution in [3.63, 3.8) is 0 Å². The van der Waals surface area contributed by atoms with Crippen LogP contribution in [0, 0.1) is 12.7 Å². The molecular formula is C22H23FN4O4S.